The molecular weight excluding hydrogens is 244 g/mol. The highest BCUT2D eigenvalue weighted by atomic mass is 35.5. The van der Waals surface area contributed by atoms with Gasteiger partial charge in [0, 0.05) is 11.2 Å². The standard InChI is InChI=1S/C11H11ClN2OS/c1-7-4-8(12)2-3-10(7)15-6-9-5-14-11(13)16-9/h2-5H,6H2,1H3,(H2,13,14). The molecule has 2 rings (SSSR count). The fraction of sp³-hybridized carbons (Fsp3) is 0.182. The molecule has 0 radical (unpaired) electrons. The van der Waals surface area contributed by atoms with Crippen LogP contribution in [0.25, 0.3) is 0 Å². The van der Waals surface area contributed by atoms with Crippen LogP contribution in [0.4, 0.5) is 5.13 Å². The van der Waals surface area contributed by atoms with Gasteiger partial charge in [-0.3, -0.25) is 0 Å². The number of aromatic nitrogens is 1. The monoisotopic (exact) mass is 254 g/mol. The SMILES string of the molecule is Cc1cc(Cl)ccc1OCc1cnc(N)s1. The van der Waals surface area contributed by atoms with Gasteiger partial charge in [-0.05, 0) is 30.7 Å². The Kier molecular flexibility index (Phi) is 3.31. The minimum atomic E-state index is 0.483. The first-order chi connectivity index (χ1) is 7.65. The molecule has 0 atom stereocenters. The summed E-state index contributed by atoms with van der Waals surface area (Å²) in [6.07, 6.45) is 1.73. The fourth-order valence-electron chi connectivity index (χ4n) is 1.31. The van der Waals surface area contributed by atoms with Crippen LogP contribution in [0, 0.1) is 6.92 Å². The number of rotatable bonds is 3. The quantitative estimate of drug-likeness (QED) is 0.915. The summed E-state index contributed by atoms with van der Waals surface area (Å²) in [7, 11) is 0. The number of ether oxygens (including phenoxy) is 1. The molecule has 0 saturated heterocycles. The molecule has 0 amide bonds. The highest BCUT2D eigenvalue weighted by Crippen LogP contribution is 2.24. The molecule has 3 nitrogen and oxygen atoms in total. The Labute approximate surface area is 103 Å². The Morgan fingerprint density at radius 1 is 1.50 bits per heavy atom. The zero-order valence-electron chi connectivity index (χ0n) is 8.74. The van der Waals surface area contributed by atoms with Crippen LogP contribution in [-0.2, 0) is 6.61 Å². The molecule has 0 unspecified atom stereocenters. The molecule has 0 bridgehead atoms. The second kappa shape index (κ2) is 4.72. The van der Waals surface area contributed by atoms with Crippen molar-refractivity contribution in [1.29, 1.82) is 0 Å². The molecule has 0 spiro atoms. The van der Waals surface area contributed by atoms with Crippen LogP contribution in [0.1, 0.15) is 10.4 Å². The number of thiazole rings is 1. The number of halogens is 1. The molecule has 0 aliphatic rings. The summed E-state index contributed by atoms with van der Waals surface area (Å²) in [5.41, 5.74) is 6.55. The number of benzene rings is 1. The van der Waals surface area contributed by atoms with Crippen molar-refractivity contribution >= 4 is 28.1 Å². The summed E-state index contributed by atoms with van der Waals surface area (Å²) in [5.74, 6) is 0.830. The van der Waals surface area contributed by atoms with Crippen LogP contribution in [0.5, 0.6) is 5.75 Å². The van der Waals surface area contributed by atoms with Gasteiger partial charge in [-0.1, -0.05) is 22.9 Å². The molecule has 2 N–H and O–H groups in total. The predicted molar refractivity (Wildman–Crippen MR) is 67.0 cm³/mol. The third-order valence-corrected chi connectivity index (χ3v) is 3.11. The second-order valence-electron chi connectivity index (χ2n) is 3.36. The molecule has 1 aromatic heterocycles. The second-order valence-corrected chi connectivity index (χ2v) is 4.95. The zero-order chi connectivity index (χ0) is 11.5. The average Bonchev–Trinajstić information content (AvgIpc) is 2.63. The van der Waals surface area contributed by atoms with Gasteiger partial charge in [0.1, 0.15) is 12.4 Å². The van der Waals surface area contributed by atoms with Gasteiger partial charge < -0.3 is 10.5 Å². The van der Waals surface area contributed by atoms with E-state index < -0.39 is 0 Å². The average molecular weight is 255 g/mol. The van der Waals surface area contributed by atoms with Crippen molar-refractivity contribution in [3.63, 3.8) is 0 Å². The van der Waals surface area contributed by atoms with Crippen LogP contribution >= 0.6 is 22.9 Å². The molecule has 1 aromatic carbocycles. The molecule has 16 heavy (non-hydrogen) atoms. The van der Waals surface area contributed by atoms with Crippen molar-refractivity contribution in [2.24, 2.45) is 0 Å². The van der Waals surface area contributed by atoms with E-state index in [0.29, 0.717) is 16.8 Å². The number of nitrogens with zero attached hydrogens (tertiary/aromatic N) is 1. The van der Waals surface area contributed by atoms with Gasteiger partial charge in [-0.15, -0.1) is 0 Å². The van der Waals surface area contributed by atoms with Crippen LogP contribution in [0.2, 0.25) is 5.02 Å². The summed E-state index contributed by atoms with van der Waals surface area (Å²) < 4.78 is 5.65. The number of hydrogen-bond donors (Lipinski definition) is 1. The maximum absolute atomic E-state index is 5.86. The summed E-state index contributed by atoms with van der Waals surface area (Å²) in [6.45, 7) is 2.44. The molecule has 1 heterocycles. The summed E-state index contributed by atoms with van der Waals surface area (Å²) in [6, 6.07) is 5.55. The minimum absolute atomic E-state index is 0.483. The predicted octanol–water partition coefficient (Wildman–Crippen LogP) is 3.27. The first-order valence-corrected chi connectivity index (χ1v) is 5.94. The van der Waals surface area contributed by atoms with Crippen molar-refractivity contribution in [2.75, 3.05) is 5.73 Å². The Morgan fingerprint density at radius 2 is 2.31 bits per heavy atom. The Morgan fingerprint density at radius 3 is 2.94 bits per heavy atom. The van der Waals surface area contributed by atoms with Crippen LogP contribution in [0.3, 0.4) is 0 Å². The van der Waals surface area contributed by atoms with E-state index >= 15 is 0 Å². The lowest BCUT2D eigenvalue weighted by atomic mass is 10.2. The maximum atomic E-state index is 5.86. The number of anilines is 1. The number of nitrogen functional groups attached to an aromatic ring is 1. The third-order valence-electron chi connectivity index (χ3n) is 2.08. The van der Waals surface area contributed by atoms with Gasteiger partial charge in [-0.25, -0.2) is 4.98 Å². The summed E-state index contributed by atoms with van der Waals surface area (Å²) in [5, 5.41) is 1.28. The Hall–Kier alpha value is -1.26. The molecule has 2 aromatic rings. The largest absolute Gasteiger partial charge is 0.488 e. The van der Waals surface area contributed by atoms with Gasteiger partial charge in [0.2, 0.25) is 0 Å². The third kappa shape index (κ3) is 2.65. The van der Waals surface area contributed by atoms with Crippen molar-refractivity contribution in [3.8, 4) is 5.75 Å². The molecule has 5 heteroatoms. The Balaban J connectivity index is 2.04. The number of hydrogen-bond acceptors (Lipinski definition) is 4. The number of aryl methyl sites for hydroxylation is 1. The van der Waals surface area contributed by atoms with Gasteiger partial charge in [0.15, 0.2) is 5.13 Å². The van der Waals surface area contributed by atoms with Gasteiger partial charge in [0.25, 0.3) is 0 Å². The van der Waals surface area contributed by atoms with Gasteiger partial charge in [0.05, 0.1) is 4.88 Å². The van der Waals surface area contributed by atoms with Crippen molar-refractivity contribution in [1.82, 2.24) is 4.98 Å². The smallest absolute Gasteiger partial charge is 0.180 e. The van der Waals surface area contributed by atoms with Crippen molar-refractivity contribution in [3.05, 3.63) is 39.9 Å². The van der Waals surface area contributed by atoms with E-state index in [0.717, 1.165) is 16.2 Å². The lowest BCUT2D eigenvalue weighted by Gasteiger charge is -2.07. The van der Waals surface area contributed by atoms with Crippen LogP contribution in [-0.4, -0.2) is 4.98 Å². The Bertz CT molecular complexity index is 498. The first-order valence-electron chi connectivity index (χ1n) is 4.74. The first kappa shape index (κ1) is 11.2. The maximum Gasteiger partial charge on any atom is 0.180 e. The number of nitrogens with two attached hydrogens (primary N) is 1. The molecule has 0 saturated carbocycles. The molecular formula is C11H11ClN2OS. The van der Waals surface area contributed by atoms with E-state index in [2.05, 4.69) is 4.98 Å². The van der Waals surface area contributed by atoms with Gasteiger partial charge >= 0.3 is 0 Å². The topological polar surface area (TPSA) is 48.1 Å². The van der Waals surface area contributed by atoms with E-state index in [1.165, 1.54) is 11.3 Å². The highest BCUT2D eigenvalue weighted by Gasteiger charge is 2.03. The van der Waals surface area contributed by atoms with Crippen LogP contribution < -0.4 is 10.5 Å². The minimum Gasteiger partial charge on any atom is -0.488 e. The fourth-order valence-corrected chi connectivity index (χ4v) is 2.14. The van der Waals surface area contributed by atoms with E-state index in [1.807, 2.05) is 25.1 Å². The highest BCUT2D eigenvalue weighted by molar-refractivity contribution is 7.15. The van der Waals surface area contributed by atoms with E-state index in [-0.39, 0.29) is 0 Å². The van der Waals surface area contributed by atoms with Crippen LogP contribution in [0.15, 0.2) is 24.4 Å². The zero-order valence-corrected chi connectivity index (χ0v) is 10.3. The molecule has 84 valence electrons. The molecule has 0 aliphatic heterocycles. The van der Waals surface area contributed by atoms with Crippen molar-refractivity contribution in [2.45, 2.75) is 13.5 Å². The summed E-state index contributed by atoms with van der Waals surface area (Å²) >= 11 is 7.29. The molecule has 0 aliphatic carbocycles. The lowest BCUT2D eigenvalue weighted by Crippen LogP contribution is -1.94. The van der Waals surface area contributed by atoms with E-state index in [1.54, 1.807) is 6.20 Å². The lowest BCUT2D eigenvalue weighted by molar-refractivity contribution is 0.307. The van der Waals surface area contributed by atoms with E-state index in [9.17, 15) is 0 Å². The van der Waals surface area contributed by atoms with Gasteiger partial charge in [-0.2, -0.15) is 0 Å². The summed E-state index contributed by atoms with van der Waals surface area (Å²) in [4.78, 5) is 4.97. The molecule has 0 fully saturated rings. The van der Waals surface area contributed by atoms with E-state index in [4.69, 9.17) is 22.1 Å². The normalized spacial score (nSPS) is 10.4. The van der Waals surface area contributed by atoms with Crippen molar-refractivity contribution < 1.29 is 4.74 Å².